The summed E-state index contributed by atoms with van der Waals surface area (Å²) in [7, 11) is 1.58. The number of alkyl halides is 3. The van der Waals surface area contributed by atoms with E-state index in [1.807, 2.05) is 11.8 Å². The molecule has 14 heteroatoms. The fourth-order valence-corrected chi connectivity index (χ4v) is 5.81. The quantitative estimate of drug-likeness (QED) is 0.359. The number of fused-ring (bicyclic) bond motifs is 1. The minimum absolute atomic E-state index is 0.103. The fourth-order valence-electron chi connectivity index (χ4n) is 5.81. The molecule has 0 radical (unpaired) electrons. The van der Waals surface area contributed by atoms with E-state index >= 15 is 0 Å². The van der Waals surface area contributed by atoms with Crippen LogP contribution >= 0.6 is 0 Å². The molecule has 0 aromatic carbocycles. The molecule has 0 saturated carbocycles. The molecule has 0 spiro atoms. The third-order valence-electron chi connectivity index (χ3n) is 7.64. The molecule has 4 aromatic heterocycles. The lowest BCUT2D eigenvalue weighted by molar-refractivity contribution is -0.141. The highest BCUT2D eigenvalue weighted by atomic mass is 19.4. The highest BCUT2D eigenvalue weighted by Gasteiger charge is 2.35. The maximum absolute atomic E-state index is 14.9. The molecule has 3 atom stereocenters. The lowest BCUT2D eigenvalue weighted by atomic mass is 9.99. The van der Waals surface area contributed by atoms with Gasteiger partial charge in [0.2, 0.25) is 0 Å². The van der Waals surface area contributed by atoms with E-state index in [9.17, 15) is 22.7 Å². The predicted molar refractivity (Wildman–Crippen MR) is 138 cm³/mol. The molecule has 1 unspecified atom stereocenters. The van der Waals surface area contributed by atoms with Gasteiger partial charge in [-0.2, -0.15) is 28.5 Å². The van der Waals surface area contributed by atoms with Crippen molar-refractivity contribution in [3.63, 3.8) is 0 Å². The first-order valence-corrected chi connectivity index (χ1v) is 13.4. The predicted octanol–water partition coefficient (Wildman–Crippen LogP) is 4.45. The summed E-state index contributed by atoms with van der Waals surface area (Å²) in [6.45, 7) is 1.52. The van der Waals surface area contributed by atoms with Crippen LogP contribution in [0.2, 0.25) is 0 Å². The summed E-state index contributed by atoms with van der Waals surface area (Å²) in [5, 5.41) is 23.1. The average Bonchev–Trinajstić information content (AvgIpc) is 3.60. The van der Waals surface area contributed by atoms with Crippen molar-refractivity contribution in [2.24, 2.45) is 7.05 Å². The van der Waals surface area contributed by atoms with Crippen LogP contribution in [0.15, 0.2) is 24.5 Å². The summed E-state index contributed by atoms with van der Waals surface area (Å²) >= 11 is 0. The zero-order chi connectivity index (χ0) is 28.2. The first-order valence-electron chi connectivity index (χ1n) is 13.4. The molecule has 6 rings (SSSR count). The van der Waals surface area contributed by atoms with E-state index in [0.29, 0.717) is 43.8 Å². The number of ether oxygens (including phenoxy) is 1. The molecule has 0 aliphatic carbocycles. The molecule has 2 aliphatic rings. The Morgan fingerprint density at radius 1 is 1.18 bits per heavy atom. The number of halogens is 4. The van der Waals surface area contributed by atoms with Gasteiger partial charge in [-0.05, 0) is 51.2 Å². The minimum Gasteiger partial charge on any atom is -0.393 e. The topological polar surface area (TPSA) is 99.1 Å². The number of rotatable bonds is 5. The molecule has 2 fully saturated rings. The van der Waals surface area contributed by atoms with Gasteiger partial charge in [-0.25, -0.2) is 14.1 Å². The lowest BCUT2D eigenvalue weighted by Crippen LogP contribution is -2.43. The van der Waals surface area contributed by atoms with E-state index in [1.54, 1.807) is 30.1 Å². The first-order chi connectivity index (χ1) is 19.1. The van der Waals surface area contributed by atoms with Crippen molar-refractivity contribution < 1.29 is 27.4 Å². The Hall–Kier alpha value is -3.52. The normalized spacial score (nSPS) is 22.4. The van der Waals surface area contributed by atoms with Crippen molar-refractivity contribution in [3.8, 4) is 22.8 Å². The van der Waals surface area contributed by atoms with Crippen molar-refractivity contribution >= 4 is 16.7 Å². The summed E-state index contributed by atoms with van der Waals surface area (Å²) in [4.78, 5) is 6.66. The molecule has 2 saturated heterocycles. The molecule has 40 heavy (non-hydrogen) atoms. The molecule has 10 nitrogen and oxygen atoms in total. The number of hydrogen-bond acceptors (Lipinski definition) is 7. The summed E-state index contributed by atoms with van der Waals surface area (Å²) in [5.74, 6) is -0.604. The summed E-state index contributed by atoms with van der Waals surface area (Å²) in [6, 6.07) is 3.07. The first kappa shape index (κ1) is 26.7. The van der Waals surface area contributed by atoms with Crippen LogP contribution in [0.4, 0.5) is 23.2 Å². The van der Waals surface area contributed by atoms with Crippen LogP contribution in [0.5, 0.6) is 0 Å². The number of hydrogen-bond donors (Lipinski definition) is 1. The molecule has 0 bridgehead atoms. The zero-order valence-corrected chi connectivity index (χ0v) is 22.1. The van der Waals surface area contributed by atoms with Crippen molar-refractivity contribution in [1.29, 1.82) is 0 Å². The molecule has 214 valence electrons. The van der Waals surface area contributed by atoms with Gasteiger partial charge in [-0.1, -0.05) is 0 Å². The van der Waals surface area contributed by atoms with Crippen LogP contribution in [0, 0.1) is 5.82 Å². The monoisotopic (exact) mass is 562 g/mol. The van der Waals surface area contributed by atoms with Gasteiger partial charge in [0, 0.05) is 32.4 Å². The second-order valence-corrected chi connectivity index (χ2v) is 10.5. The third kappa shape index (κ3) is 4.83. The average molecular weight is 563 g/mol. The van der Waals surface area contributed by atoms with Gasteiger partial charge in [0.05, 0.1) is 29.4 Å². The molecule has 0 amide bonds. The van der Waals surface area contributed by atoms with Crippen molar-refractivity contribution in [2.45, 2.75) is 70.1 Å². The van der Waals surface area contributed by atoms with Crippen LogP contribution in [-0.2, 0) is 18.3 Å². The van der Waals surface area contributed by atoms with Crippen molar-refractivity contribution in [3.05, 3.63) is 30.3 Å². The molecule has 2 aliphatic heterocycles. The number of aryl methyl sites for hydroxylation is 1. The Morgan fingerprint density at radius 3 is 2.67 bits per heavy atom. The Balaban J connectivity index is 1.63. The van der Waals surface area contributed by atoms with Crippen LogP contribution in [0.25, 0.3) is 33.8 Å². The molecule has 4 aromatic rings. The summed E-state index contributed by atoms with van der Waals surface area (Å²) in [5.41, 5.74) is 1.77. The second-order valence-electron chi connectivity index (χ2n) is 10.5. The highest BCUT2D eigenvalue weighted by molar-refractivity contribution is 5.99. The van der Waals surface area contributed by atoms with Gasteiger partial charge in [0.1, 0.15) is 29.0 Å². The Labute approximate surface area is 227 Å². The van der Waals surface area contributed by atoms with E-state index < -0.39 is 24.6 Å². The van der Waals surface area contributed by atoms with Gasteiger partial charge in [0.15, 0.2) is 12.0 Å². The van der Waals surface area contributed by atoms with Crippen molar-refractivity contribution in [2.75, 3.05) is 18.1 Å². The maximum atomic E-state index is 14.9. The van der Waals surface area contributed by atoms with E-state index in [1.165, 1.54) is 4.68 Å². The van der Waals surface area contributed by atoms with E-state index in [0.717, 1.165) is 23.7 Å². The molecule has 1 N–H and O–H groups in total. The number of aliphatic hydroxyl groups is 1. The number of aliphatic hydroxyl groups excluding tert-OH is 1. The SMILES string of the molecule is C[C@@H]1C[C@@H](O)CCN1c1cc(-c2c(F)cnn2C)nc2c(-c3ccnn3C3CCCCO3)nn(CC(F)(F)F)c12. The van der Waals surface area contributed by atoms with E-state index in [4.69, 9.17) is 9.72 Å². The van der Waals surface area contributed by atoms with Gasteiger partial charge in [-0.15, -0.1) is 0 Å². The van der Waals surface area contributed by atoms with Crippen molar-refractivity contribution in [1.82, 2.24) is 34.3 Å². The van der Waals surface area contributed by atoms with Gasteiger partial charge in [-0.3, -0.25) is 9.36 Å². The lowest BCUT2D eigenvalue weighted by Gasteiger charge is -2.38. The Morgan fingerprint density at radius 2 is 2.00 bits per heavy atom. The Kier molecular flexibility index (Phi) is 6.77. The summed E-state index contributed by atoms with van der Waals surface area (Å²) < 4.78 is 66.4. The number of pyridine rings is 1. The van der Waals surface area contributed by atoms with Crippen LogP contribution in [0.3, 0.4) is 0 Å². The number of aromatic nitrogens is 7. The van der Waals surface area contributed by atoms with Crippen LogP contribution < -0.4 is 4.90 Å². The molecule has 6 heterocycles. The minimum atomic E-state index is -4.56. The van der Waals surface area contributed by atoms with E-state index in [2.05, 4.69) is 15.3 Å². The molecular formula is C26H30F4N8O2. The number of nitrogens with zero attached hydrogens (tertiary/aromatic N) is 8. The second kappa shape index (κ2) is 10.1. The van der Waals surface area contributed by atoms with Crippen LogP contribution in [-0.4, -0.2) is 70.9 Å². The van der Waals surface area contributed by atoms with Gasteiger partial charge < -0.3 is 14.7 Å². The number of anilines is 1. The van der Waals surface area contributed by atoms with E-state index in [-0.39, 0.29) is 40.4 Å². The number of piperidine rings is 1. The van der Waals surface area contributed by atoms with Gasteiger partial charge >= 0.3 is 6.18 Å². The highest BCUT2D eigenvalue weighted by Crippen LogP contribution is 2.40. The summed E-state index contributed by atoms with van der Waals surface area (Å²) in [6.07, 6.45) is 0.596. The van der Waals surface area contributed by atoms with Gasteiger partial charge in [0.25, 0.3) is 0 Å². The van der Waals surface area contributed by atoms with Crippen LogP contribution in [0.1, 0.15) is 45.3 Å². The Bertz CT molecular complexity index is 1500. The zero-order valence-electron chi connectivity index (χ0n) is 22.1. The smallest absolute Gasteiger partial charge is 0.393 e. The maximum Gasteiger partial charge on any atom is 0.408 e. The third-order valence-corrected chi connectivity index (χ3v) is 7.64. The largest absolute Gasteiger partial charge is 0.408 e. The molecular weight excluding hydrogens is 532 g/mol. The standard InChI is InChI=1S/C26H30F4N8O2/c1-15-11-16(39)7-9-36(15)20-12-18(24-17(27)13-32-35(24)2)33-23-22(34-37(25(20)23)14-26(28,29)30)19-6-8-31-38(19)21-5-3-4-10-40-21/h6,8,12-13,15-16,21,39H,3-5,7,9-11,14H2,1-2H3/t15-,16+,21?/m1/s1. The fraction of sp³-hybridized carbons (Fsp3) is 0.538.